The van der Waals surface area contributed by atoms with Gasteiger partial charge in [-0.25, -0.2) is 0 Å². The van der Waals surface area contributed by atoms with Crippen molar-refractivity contribution in [2.75, 3.05) is 6.54 Å². The monoisotopic (exact) mass is 171 g/mol. The summed E-state index contributed by atoms with van der Waals surface area (Å²) in [5.41, 5.74) is -0.227. The van der Waals surface area contributed by atoms with Crippen LogP contribution in [0.25, 0.3) is 0 Å². The van der Waals surface area contributed by atoms with Crippen molar-refractivity contribution in [3.05, 3.63) is 0 Å². The van der Waals surface area contributed by atoms with E-state index in [-0.39, 0.29) is 17.9 Å². The highest BCUT2D eigenvalue weighted by atomic mass is 16.4. The van der Waals surface area contributed by atoms with Gasteiger partial charge in [0.2, 0.25) is 5.91 Å². The van der Waals surface area contributed by atoms with Crippen LogP contribution in [0, 0.1) is 5.41 Å². The quantitative estimate of drug-likeness (QED) is 0.642. The van der Waals surface area contributed by atoms with Gasteiger partial charge in [-0.1, -0.05) is 6.92 Å². The molecular formula is C8H13NO3. The van der Waals surface area contributed by atoms with E-state index in [1.54, 1.807) is 0 Å². The molecule has 1 saturated carbocycles. The lowest BCUT2D eigenvalue weighted by molar-refractivity contribution is -0.138. The summed E-state index contributed by atoms with van der Waals surface area (Å²) in [5, 5.41) is 10.7. The Bertz CT molecular complexity index is 208. The molecule has 0 aliphatic heterocycles. The number of hydrogen-bond acceptors (Lipinski definition) is 2. The number of carbonyl (C=O) groups is 2. The summed E-state index contributed by atoms with van der Waals surface area (Å²) in [5.74, 6) is -1.09. The van der Waals surface area contributed by atoms with Crippen LogP contribution in [0.5, 0.6) is 0 Å². The van der Waals surface area contributed by atoms with Gasteiger partial charge in [-0.2, -0.15) is 0 Å². The van der Waals surface area contributed by atoms with Crippen molar-refractivity contribution in [1.29, 1.82) is 0 Å². The third-order valence-corrected chi connectivity index (χ3v) is 2.41. The lowest BCUT2D eigenvalue weighted by Gasteiger charge is -2.10. The Morgan fingerprint density at radius 2 is 2.08 bits per heavy atom. The fourth-order valence-corrected chi connectivity index (χ4v) is 1.24. The van der Waals surface area contributed by atoms with Crippen molar-refractivity contribution in [3.8, 4) is 0 Å². The molecule has 4 nitrogen and oxygen atoms in total. The molecule has 0 unspecified atom stereocenters. The molecule has 0 aromatic carbocycles. The molecule has 0 saturated heterocycles. The molecule has 0 heterocycles. The number of amides is 1. The van der Waals surface area contributed by atoms with Gasteiger partial charge in [0.05, 0.1) is 0 Å². The van der Waals surface area contributed by atoms with E-state index in [1.807, 2.05) is 6.92 Å². The maximum absolute atomic E-state index is 11.3. The zero-order valence-corrected chi connectivity index (χ0v) is 7.09. The zero-order chi connectivity index (χ0) is 9.19. The Morgan fingerprint density at radius 3 is 2.42 bits per heavy atom. The van der Waals surface area contributed by atoms with Crippen molar-refractivity contribution < 1.29 is 14.7 Å². The van der Waals surface area contributed by atoms with Gasteiger partial charge in [0.1, 0.15) is 6.54 Å². The summed E-state index contributed by atoms with van der Waals surface area (Å²) >= 11 is 0. The lowest BCUT2D eigenvalue weighted by atomic mass is 10.0. The summed E-state index contributed by atoms with van der Waals surface area (Å²) in [6.45, 7) is 1.69. The molecule has 68 valence electrons. The Kier molecular flexibility index (Phi) is 2.35. The topological polar surface area (TPSA) is 66.4 Å². The largest absolute Gasteiger partial charge is 0.480 e. The van der Waals surface area contributed by atoms with Crippen molar-refractivity contribution in [1.82, 2.24) is 5.32 Å². The Morgan fingerprint density at radius 1 is 1.50 bits per heavy atom. The first-order valence-electron chi connectivity index (χ1n) is 4.11. The fourth-order valence-electron chi connectivity index (χ4n) is 1.24. The van der Waals surface area contributed by atoms with Gasteiger partial charge in [-0.3, -0.25) is 9.59 Å². The molecule has 1 aliphatic rings. The van der Waals surface area contributed by atoms with Crippen LogP contribution >= 0.6 is 0 Å². The van der Waals surface area contributed by atoms with Crippen molar-refractivity contribution in [2.45, 2.75) is 26.2 Å². The van der Waals surface area contributed by atoms with Gasteiger partial charge in [0, 0.05) is 5.41 Å². The van der Waals surface area contributed by atoms with E-state index in [2.05, 4.69) is 5.32 Å². The highest BCUT2D eigenvalue weighted by molar-refractivity contribution is 5.87. The molecule has 4 heteroatoms. The third-order valence-electron chi connectivity index (χ3n) is 2.41. The van der Waals surface area contributed by atoms with E-state index in [1.165, 1.54) is 0 Å². The second kappa shape index (κ2) is 3.13. The van der Waals surface area contributed by atoms with Crippen LogP contribution in [0.1, 0.15) is 26.2 Å². The molecule has 1 amide bonds. The maximum atomic E-state index is 11.3. The number of carbonyl (C=O) groups excluding carboxylic acids is 1. The summed E-state index contributed by atoms with van der Waals surface area (Å²) in [4.78, 5) is 21.4. The van der Waals surface area contributed by atoms with Crippen LogP contribution in [0.4, 0.5) is 0 Å². The fraction of sp³-hybridized carbons (Fsp3) is 0.750. The van der Waals surface area contributed by atoms with Crippen LogP contribution in [-0.2, 0) is 9.59 Å². The van der Waals surface area contributed by atoms with Crippen molar-refractivity contribution in [2.24, 2.45) is 5.41 Å². The summed E-state index contributed by atoms with van der Waals surface area (Å²) in [6, 6.07) is 0. The van der Waals surface area contributed by atoms with E-state index in [0.717, 1.165) is 19.3 Å². The molecule has 0 atom stereocenters. The highest BCUT2D eigenvalue weighted by Crippen LogP contribution is 2.48. The molecule has 1 rings (SSSR count). The molecule has 0 radical (unpaired) electrons. The molecule has 1 aliphatic carbocycles. The normalized spacial score (nSPS) is 18.4. The van der Waals surface area contributed by atoms with Crippen LogP contribution in [0.15, 0.2) is 0 Å². The Hall–Kier alpha value is -1.06. The first kappa shape index (κ1) is 9.03. The van der Waals surface area contributed by atoms with Crippen molar-refractivity contribution in [3.63, 3.8) is 0 Å². The first-order valence-corrected chi connectivity index (χ1v) is 4.11. The minimum absolute atomic E-state index is 0.104. The van der Waals surface area contributed by atoms with E-state index < -0.39 is 5.97 Å². The third kappa shape index (κ3) is 1.75. The zero-order valence-electron chi connectivity index (χ0n) is 7.09. The SMILES string of the molecule is CCC1(C(=O)NCC(=O)O)CC1. The minimum atomic E-state index is -0.991. The lowest BCUT2D eigenvalue weighted by Crippen LogP contribution is -2.35. The number of carboxylic acids is 1. The van der Waals surface area contributed by atoms with Gasteiger partial charge >= 0.3 is 5.97 Å². The molecule has 2 N–H and O–H groups in total. The van der Waals surface area contributed by atoms with Gasteiger partial charge in [0.25, 0.3) is 0 Å². The van der Waals surface area contributed by atoms with E-state index in [0.29, 0.717) is 0 Å². The van der Waals surface area contributed by atoms with Crippen LogP contribution in [0.3, 0.4) is 0 Å². The molecule has 0 aromatic rings. The van der Waals surface area contributed by atoms with E-state index in [4.69, 9.17) is 5.11 Å². The molecular weight excluding hydrogens is 158 g/mol. The summed E-state index contributed by atoms with van der Waals surface area (Å²) < 4.78 is 0. The molecule has 12 heavy (non-hydrogen) atoms. The van der Waals surface area contributed by atoms with Crippen LogP contribution < -0.4 is 5.32 Å². The van der Waals surface area contributed by atoms with Gasteiger partial charge < -0.3 is 10.4 Å². The second-order valence-electron chi connectivity index (χ2n) is 3.21. The number of hydrogen-bond donors (Lipinski definition) is 2. The summed E-state index contributed by atoms with van der Waals surface area (Å²) in [6.07, 6.45) is 2.60. The molecule has 1 fully saturated rings. The van der Waals surface area contributed by atoms with Gasteiger partial charge in [-0.05, 0) is 19.3 Å². The van der Waals surface area contributed by atoms with Gasteiger partial charge in [-0.15, -0.1) is 0 Å². The minimum Gasteiger partial charge on any atom is -0.480 e. The molecule has 0 aromatic heterocycles. The van der Waals surface area contributed by atoms with Crippen LogP contribution in [-0.4, -0.2) is 23.5 Å². The smallest absolute Gasteiger partial charge is 0.322 e. The molecule has 0 spiro atoms. The van der Waals surface area contributed by atoms with Crippen molar-refractivity contribution >= 4 is 11.9 Å². The predicted molar refractivity (Wildman–Crippen MR) is 42.6 cm³/mol. The van der Waals surface area contributed by atoms with Gasteiger partial charge in [0.15, 0.2) is 0 Å². The molecule has 0 bridgehead atoms. The highest BCUT2D eigenvalue weighted by Gasteiger charge is 2.47. The number of rotatable bonds is 4. The Balaban J connectivity index is 2.33. The van der Waals surface area contributed by atoms with E-state index >= 15 is 0 Å². The average Bonchev–Trinajstić information content (AvgIpc) is 2.80. The number of aliphatic carboxylic acids is 1. The standard InChI is InChI=1S/C8H13NO3/c1-2-8(3-4-8)7(12)9-5-6(10)11/h2-5H2,1H3,(H,9,12)(H,10,11). The predicted octanol–water partition coefficient (Wildman–Crippen LogP) is 0.377. The van der Waals surface area contributed by atoms with Crippen LogP contribution in [0.2, 0.25) is 0 Å². The number of carboxylic acid groups (broad SMARTS) is 1. The second-order valence-corrected chi connectivity index (χ2v) is 3.21. The maximum Gasteiger partial charge on any atom is 0.322 e. The summed E-state index contributed by atoms with van der Waals surface area (Å²) in [7, 11) is 0. The average molecular weight is 171 g/mol. The Labute approximate surface area is 71.0 Å². The number of nitrogens with one attached hydrogen (secondary N) is 1. The first-order chi connectivity index (χ1) is 5.60. The van der Waals surface area contributed by atoms with E-state index in [9.17, 15) is 9.59 Å².